The Kier molecular flexibility index (Phi) is 3.12. The number of rotatable bonds is 3. The van der Waals surface area contributed by atoms with Gasteiger partial charge in [-0.15, -0.1) is 0 Å². The molecule has 3 nitrogen and oxygen atoms in total. The summed E-state index contributed by atoms with van der Waals surface area (Å²) in [5.74, 6) is -0.0238. The second kappa shape index (κ2) is 4.37. The first-order valence-electron chi connectivity index (χ1n) is 3.52. The first kappa shape index (κ1) is 8.57. The van der Waals surface area contributed by atoms with E-state index in [1.165, 1.54) is 6.08 Å². The Hall–Kier alpha value is -1.53. The summed E-state index contributed by atoms with van der Waals surface area (Å²) in [7, 11) is 0. The third-order valence-electron chi connectivity index (χ3n) is 1.18. The lowest BCUT2D eigenvalue weighted by atomic mass is 10.3. The molecule has 0 fully saturated rings. The van der Waals surface area contributed by atoms with E-state index in [4.69, 9.17) is 9.84 Å². The maximum atomic E-state index is 10.8. The second-order valence-corrected chi connectivity index (χ2v) is 2.12. The molecule has 0 saturated carbocycles. The molecule has 1 aliphatic rings. The van der Waals surface area contributed by atoms with Gasteiger partial charge in [0.1, 0.15) is 5.76 Å². The minimum atomic E-state index is -0.447. The Labute approximate surface area is 70.0 Å². The molecular formula is C9H8O3. The van der Waals surface area contributed by atoms with E-state index in [0.717, 1.165) is 0 Å². The predicted octanol–water partition coefficient (Wildman–Crippen LogP) is 0.676. The fourth-order valence-electron chi connectivity index (χ4n) is 0.670. The zero-order valence-electron chi connectivity index (χ0n) is 6.41. The van der Waals surface area contributed by atoms with E-state index in [-0.39, 0.29) is 13.0 Å². The molecule has 0 aromatic heterocycles. The summed E-state index contributed by atoms with van der Waals surface area (Å²) in [6.07, 6.45) is 4.72. The van der Waals surface area contributed by atoms with Crippen molar-refractivity contribution >= 4 is 5.97 Å². The van der Waals surface area contributed by atoms with Gasteiger partial charge in [0.25, 0.3) is 0 Å². The molecule has 3 heteroatoms. The molecule has 1 rings (SSSR count). The number of carbonyl (C=O) groups is 1. The fraction of sp³-hybridized carbons (Fsp3) is 0.222. The van der Waals surface area contributed by atoms with Gasteiger partial charge in [0.05, 0.1) is 13.0 Å². The van der Waals surface area contributed by atoms with Crippen molar-refractivity contribution in [2.75, 3.05) is 6.61 Å². The van der Waals surface area contributed by atoms with Crippen LogP contribution in [-0.2, 0) is 9.53 Å². The van der Waals surface area contributed by atoms with Crippen LogP contribution in [0.2, 0.25) is 0 Å². The molecular weight excluding hydrogens is 156 g/mol. The minimum absolute atomic E-state index is 0.0125. The van der Waals surface area contributed by atoms with Crippen molar-refractivity contribution in [1.29, 1.82) is 0 Å². The summed E-state index contributed by atoms with van der Waals surface area (Å²) in [4.78, 5) is 10.8. The number of ether oxygens (including phenoxy) is 1. The normalized spacial score (nSPS) is 12.9. The highest BCUT2D eigenvalue weighted by Crippen LogP contribution is 2.03. The third kappa shape index (κ3) is 2.60. The van der Waals surface area contributed by atoms with Crippen LogP contribution in [0, 0.1) is 0 Å². The van der Waals surface area contributed by atoms with E-state index in [9.17, 15) is 4.79 Å². The molecule has 1 aliphatic carbocycles. The Morgan fingerprint density at radius 2 is 2.42 bits per heavy atom. The van der Waals surface area contributed by atoms with Crippen LogP contribution in [0.3, 0.4) is 0 Å². The molecule has 0 bridgehead atoms. The SMILES string of the molecule is O=C(CCO)OC1=CC=C=C=C1. The highest BCUT2D eigenvalue weighted by molar-refractivity contribution is 5.71. The van der Waals surface area contributed by atoms with Gasteiger partial charge < -0.3 is 9.84 Å². The Bertz CT molecular complexity index is 300. The van der Waals surface area contributed by atoms with Crippen LogP contribution in [0.25, 0.3) is 0 Å². The minimum Gasteiger partial charge on any atom is -0.426 e. The molecule has 62 valence electrons. The van der Waals surface area contributed by atoms with Crippen molar-refractivity contribution in [2.45, 2.75) is 6.42 Å². The molecule has 0 aliphatic heterocycles. The summed E-state index contributed by atoms with van der Waals surface area (Å²) in [6.45, 7) is -0.193. The molecule has 0 heterocycles. The van der Waals surface area contributed by atoms with E-state index in [0.29, 0.717) is 5.76 Å². The van der Waals surface area contributed by atoms with Crippen LogP contribution < -0.4 is 0 Å². The fourth-order valence-corrected chi connectivity index (χ4v) is 0.670. The Morgan fingerprint density at radius 1 is 1.58 bits per heavy atom. The van der Waals surface area contributed by atoms with Crippen LogP contribution in [0.4, 0.5) is 0 Å². The van der Waals surface area contributed by atoms with Crippen molar-refractivity contribution in [3.8, 4) is 0 Å². The maximum Gasteiger partial charge on any atom is 0.313 e. The lowest BCUT2D eigenvalue weighted by Crippen LogP contribution is -2.05. The Balaban J connectivity index is 2.43. The van der Waals surface area contributed by atoms with Crippen molar-refractivity contribution in [2.24, 2.45) is 0 Å². The molecule has 0 radical (unpaired) electrons. The molecule has 0 unspecified atom stereocenters. The number of aliphatic hydroxyl groups excluding tert-OH is 1. The summed E-state index contributed by atoms with van der Waals surface area (Å²) in [5, 5.41) is 8.40. The molecule has 12 heavy (non-hydrogen) atoms. The van der Waals surface area contributed by atoms with Gasteiger partial charge in [-0.05, 0) is 12.2 Å². The van der Waals surface area contributed by atoms with Gasteiger partial charge >= 0.3 is 5.97 Å². The van der Waals surface area contributed by atoms with Crippen LogP contribution in [0.15, 0.2) is 35.4 Å². The van der Waals surface area contributed by atoms with E-state index in [1.54, 1.807) is 12.2 Å². The number of esters is 1. The molecule has 0 spiro atoms. The summed E-state index contributed by atoms with van der Waals surface area (Å²) in [5.41, 5.74) is 5.32. The van der Waals surface area contributed by atoms with E-state index < -0.39 is 5.97 Å². The zero-order chi connectivity index (χ0) is 8.81. The van der Waals surface area contributed by atoms with Crippen LogP contribution in [0.5, 0.6) is 0 Å². The smallest absolute Gasteiger partial charge is 0.313 e. The van der Waals surface area contributed by atoms with Crippen molar-refractivity contribution in [1.82, 2.24) is 0 Å². The monoisotopic (exact) mass is 164 g/mol. The third-order valence-corrected chi connectivity index (χ3v) is 1.18. The largest absolute Gasteiger partial charge is 0.426 e. The molecule has 1 N–H and O–H groups in total. The van der Waals surface area contributed by atoms with Crippen molar-refractivity contribution < 1.29 is 14.6 Å². The van der Waals surface area contributed by atoms with Crippen molar-refractivity contribution in [3.63, 3.8) is 0 Å². The van der Waals surface area contributed by atoms with Gasteiger partial charge in [0.2, 0.25) is 0 Å². The summed E-state index contributed by atoms with van der Waals surface area (Å²) < 4.78 is 4.80. The van der Waals surface area contributed by atoms with Gasteiger partial charge in [-0.2, -0.15) is 0 Å². The first-order chi connectivity index (χ1) is 5.83. The molecule has 0 aromatic rings. The van der Waals surface area contributed by atoms with Gasteiger partial charge in [-0.25, -0.2) is 0 Å². The topological polar surface area (TPSA) is 46.5 Å². The average Bonchev–Trinajstić information content (AvgIpc) is 2.06. The predicted molar refractivity (Wildman–Crippen MR) is 42.0 cm³/mol. The molecule has 0 amide bonds. The molecule has 0 aromatic carbocycles. The summed E-state index contributed by atoms with van der Waals surface area (Å²) in [6, 6.07) is 0. The van der Waals surface area contributed by atoms with Crippen LogP contribution in [-0.4, -0.2) is 17.7 Å². The van der Waals surface area contributed by atoms with Gasteiger partial charge in [-0.1, -0.05) is 11.5 Å². The van der Waals surface area contributed by atoms with E-state index >= 15 is 0 Å². The van der Waals surface area contributed by atoms with E-state index in [2.05, 4.69) is 11.5 Å². The van der Waals surface area contributed by atoms with Gasteiger partial charge in [0, 0.05) is 6.08 Å². The highest BCUT2D eigenvalue weighted by atomic mass is 16.5. The van der Waals surface area contributed by atoms with Crippen LogP contribution in [0.1, 0.15) is 6.42 Å². The summed E-state index contributed by atoms with van der Waals surface area (Å²) >= 11 is 0. The van der Waals surface area contributed by atoms with Crippen molar-refractivity contribution in [3.05, 3.63) is 35.4 Å². The van der Waals surface area contributed by atoms with Gasteiger partial charge in [0.15, 0.2) is 0 Å². The number of hydrogen-bond donors (Lipinski definition) is 1. The zero-order valence-corrected chi connectivity index (χ0v) is 6.41. The number of carbonyl (C=O) groups excluding carboxylic acids is 1. The average molecular weight is 164 g/mol. The van der Waals surface area contributed by atoms with E-state index in [1.807, 2.05) is 0 Å². The lowest BCUT2D eigenvalue weighted by Gasteiger charge is -2.01. The molecule has 0 saturated heterocycles. The quantitative estimate of drug-likeness (QED) is 0.492. The lowest BCUT2D eigenvalue weighted by molar-refractivity contribution is -0.139. The number of hydrogen-bond acceptors (Lipinski definition) is 3. The number of aliphatic hydroxyl groups is 1. The first-order valence-corrected chi connectivity index (χ1v) is 3.52. The molecule has 0 atom stereocenters. The number of allylic oxidation sites excluding steroid dienone is 3. The Morgan fingerprint density at radius 3 is 3.00 bits per heavy atom. The highest BCUT2D eigenvalue weighted by Gasteiger charge is 2.03. The maximum absolute atomic E-state index is 10.8. The standard InChI is InChI=1S/C9H8O3/c10-7-6-9(11)12-8-4-2-1-3-5-8/h2,4-5,10H,6-7H2. The van der Waals surface area contributed by atoms with Gasteiger partial charge in [-0.3, -0.25) is 4.79 Å². The van der Waals surface area contributed by atoms with Crippen LogP contribution >= 0.6 is 0 Å². The second-order valence-electron chi connectivity index (χ2n) is 2.12.